The monoisotopic (exact) mass is 458 g/mol. The van der Waals surface area contributed by atoms with Gasteiger partial charge in [0.25, 0.3) is 0 Å². The lowest BCUT2D eigenvalue weighted by molar-refractivity contribution is 0.265. The third-order valence-electron chi connectivity index (χ3n) is 5.03. The fourth-order valence-corrected chi connectivity index (χ4v) is 3.55. The minimum absolute atomic E-state index is 0.439. The molecule has 0 amide bonds. The smallest absolute Gasteiger partial charge is 0.162 e. The van der Waals surface area contributed by atoms with E-state index in [2.05, 4.69) is 18.2 Å². The number of allylic oxidation sites excluding steroid dienone is 2. The van der Waals surface area contributed by atoms with E-state index in [-0.39, 0.29) is 0 Å². The van der Waals surface area contributed by atoms with Crippen LogP contribution in [0.5, 0.6) is 23.0 Å². The van der Waals surface area contributed by atoms with Gasteiger partial charge >= 0.3 is 0 Å². The van der Waals surface area contributed by atoms with E-state index in [4.69, 9.17) is 18.9 Å². The maximum Gasteiger partial charge on any atom is 0.162 e. The second kappa shape index (κ2) is 13.1. The summed E-state index contributed by atoms with van der Waals surface area (Å²) in [5.41, 5.74) is 4.28. The molecular formula is C30H34O4. The zero-order valence-electron chi connectivity index (χ0n) is 20.5. The van der Waals surface area contributed by atoms with E-state index in [1.54, 1.807) is 0 Å². The predicted octanol–water partition coefficient (Wildman–Crippen LogP) is 7.71. The Balaban J connectivity index is 1.71. The van der Waals surface area contributed by atoms with Gasteiger partial charge in [-0.25, -0.2) is 0 Å². The summed E-state index contributed by atoms with van der Waals surface area (Å²) in [6, 6.07) is 20.2. The molecule has 0 aromatic heterocycles. The summed E-state index contributed by atoms with van der Waals surface area (Å²) in [5, 5.41) is 0. The van der Waals surface area contributed by atoms with Crippen molar-refractivity contribution in [3.8, 4) is 23.0 Å². The van der Waals surface area contributed by atoms with Crippen molar-refractivity contribution in [1.29, 1.82) is 0 Å². The zero-order valence-corrected chi connectivity index (χ0v) is 20.5. The van der Waals surface area contributed by atoms with Crippen molar-refractivity contribution in [2.24, 2.45) is 0 Å². The van der Waals surface area contributed by atoms with Gasteiger partial charge in [0.1, 0.15) is 13.2 Å². The Bertz CT molecular complexity index is 1030. The van der Waals surface area contributed by atoms with Gasteiger partial charge in [-0.3, -0.25) is 0 Å². The molecule has 0 aliphatic heterocycles. The highest BCUT2D eigenvalue weighted by molar-refractivity contribution is 5.56. The van der Waals surface area contributed by atoms with Gasteiger partial charge in [0.2, 0.25) is 0 Å². The van der Waals surface area contributed by atoms with Crippen LogP contribution >= 0.6 is 0 Å². The van der Waals surface area contributed by atoms with Crippen molar-refractivity contribution in [3.63, 3.8) is 0 Å². The molecule has 0 heterocycles. The summed E-state index contributed by atoms with van der Waals surface area (Å²) in [6.45, 7) is 9.99. The van der Waals surface area contributed by atoms with Crippen molar-refractivity contribution in [2.45, 2.75) is 40.9 Å². The van der Waals surface area contributed by atoms with Gasteiger partial charge in [-0.15, -0.1) is 0 Å². The summed E-state index contributed by atoms with van der Waals surface area (Å²) in [4.78, 5) is 0. The summed E-state index contributed by atoms with van der Waals surface area (Å²) in [6.07, 6.45) is 8.10. The first-order valence-electron chi connectivity index (χ1n) is 11.8. The van der Waals surface area contributed by atoms with Crippen molar-refractivity contribution >= 4 is 12.2 Å². The summed E-state index contributed by atoms with van der Waals surface area (Å²) >= 11 is 0. The largest absolute Gasteiger partial charge is 0.490 e. The van der Waals surface area contributed by atoms with Crippen LogP contribution in [0.15, 0.2) is 72.8 Å². The molecule has 0 spiro atoms. The summed E-state index contributed by atoms with van der Waals surface area (Å²) in [7, 11) is 0. The summed E-state index contributed by atoms with van der Waals surface area (Å²) < 4.78 is 23.8. The van der Waals surface area contributed by atoms with E-state index in [9.17, 15) is 0 Å². The Kier molecular flexibility index (Phi) is 9.65. The Hall–Kier alpha value is -3.66. The van der Waals surface area contributed by atoms with Crippen LogP contribution in [0.25, 0.3) is 12.2 Å². The van der Waals surface area contributed by atoms with E-state index in [1.165, 1.54) is 0 Å². The molecule has 3 aromatic carbocycles. The highest BCUT2D eigenvalue weighted by atomic mass is 16.5. The van der Waals surface area contributed by atoms with Gasteiger partial charge in [-0.05, 0) is 80.3 Å². The van der Waals surface area contributed by atoms with Crippen molar-refractivity contribution < 1.29 is 18.9 Å². The Labute approximate surface area is 203 Å². The number of hydrogen-bond donors (Lipinski definition) is 0. The standard InChI is InChI=1S/C30H34O4/c1-5-10-23-14-16-27(31-7-3)29(19-23)33-21-25-12-9-13-26(18-25)22-34-30-20-24(11-6-2)15-17-28(30)32-8-4/h5-6,9-20H,7-8,21-22H2,1-4H3/b10-5+,11-6+. The van der Waals surface area contributed by atoms with Crippen LogP contribution in [0.1, 0.15) is 49.9 Å². The summed E-state index contributed by atoms with van der Waals surface area (Å²) in [5.74, 6) is 2.97. The molecule has 0 fully saturated rings. The molecule has 4 heteroatoms. The molecule has 0 radical (unpaired) electrons. The Morgan fingerprint density at radius 3 is 1.44 bits per heavy atom. The normalized spacial score (nSPS) is 11.2. The van der Waals surface area contributed by atoms with Gasteiger partial charge < -0.3 is 18.9 Å². The quantitative estimate of drug-likeness (QED) is 0.278. The highest BCUT2D eigenvalue weighted by Gasteiger charge is 2.09. The third-order valence-corrected chi connectivity index (χ3v) is 5.03. The number of benzene rings is 3. The van der Waals surface area contributed by atoms with E-state index in [0.29, 0.717) is 26.4 Å². The molecular weight excluding hydrogens is 424 g/mol. The van der Waals surface area contributed by atoms with Crippen LogP contribution in [0.3, 0.4) is 0 Å². The molecule has 178 valence electrons. The van der Waals surface area contributed by atoms with Crippen LogP contribution in [0, 0.1) is 0 Å². The average molecular weight is 459 g/mol. The first kappa shape index (κ1) is 25.0. The van der Waals surface area contributed by atoms with E-state index < -0.39 is 0 Å². The van der Waals surface area contributed by atoms with Gasteiger partial charge in [0, 0.05) is 0 Å². The van der Waals surface area contributed by atoms with Crippen LogP contribution < -0.4 is 18.9 Å². The number of ether oxygens (including phenoxy) is 4. The van der Waals surface area contributed by atoms with Gasteiger partial charge in [-0.2, -0.15) is 0 Å². The Morgan fingerprint density at radius 2 is 1.03 bits per heavy atom. The van der Waals surface area contributed by atoms with Gasteiger partial charge in [0.15, 0.2) is 23.0 Å². The maximum atomic E-state index is 6.15. The van der Waals surface area contributed by atoms with E-state index >= 15 is 0 Å². The fraction of sp³-hybridized carbons (Fsp3) is 0.267. The Morgan fingerprint density at radius 1 is 0.559 bits per heavy atom. The van der Waals surface area contributed by atoms with Crippen molar-refractivity contribution in [3.05, 3.63) is 95.1 Å². The second-order valence-corrected chi connectivity index (χ2v) is 7.68. The average Bonchev–Trinajstić information content (AvgIpc) is 2.85. The second-order valence-electron chi connectivity index (χ2n) is 7.68. The highest BCUT2D eigenvalue weighted by Crippen LogP contribution is 2.31. The van der Waals surface area contributed by atoms with Gasteiger partial charge in [-0.1, -0.05) is 54.6 Å². The molecule has 0 aliphatic carbocycles. The van der Waals surface area contributed by atoms with Crippen LogP contribution in [-0.2, 0) is 13.2 Å². The molecule has 3 rings (SSSR count). The lowest BCUT2D eigenvalue weighted by atomic mass is 10.1. The molecule has 34 heavy (non-hydrogen) atoms. The van der Waals surface area contributed by atoms with Crippen LogP contribution in [0.4, 0.5) is 0 Å². The van der Waals surface area contributed by atoms with Crippen molar-refractivity contribution in [2.75, 3.05) is 13.2 Å². The number of hydrogen-bond acceptors (Lipinski definition) is 4. The molecule has 0 atom stereocenters. The van der Waals surface area contributed by atoms with Crippen molar-refractivity contribution in [1.82, 2.24) is 0 Å². The fourth-order valence-electron chi connectivity index (χ4n) is 3.55. The lowest BCUT2D eigenvalue weighted by Crippen LogP contribution is -2.02. The molecule has 0 bridgehead atoms. The van der Waals surface area contributed by atoms with Crippen LogP contribution in [-0.4, -0.2) is 13.2 Å². The SMILES string of the molecule is C/C=C/c1ccc(OCC)c(OCc2cccc(COc3cc(/C=C/C)ccc3OCC)c2)c1. The topological polar surface area (TPSA) is 36.9 Å². The predicted molar refractivity (Wildman–Crippen MR) is 140 cm³/mol. The minimum Gasteiger partial charge on any atom is -0.490 e. The maximum absolute atomic E-state index is 6.15. The molecule has 3 aromatic rings. The van der Waals surface area contributed by atoms with E-state index in [1.807, 2.05) is 94.5 Å². The molecule has 0 saturated heterocycles. The first-order chi connectivity index (χ1) is 16.7. The molecule has 0 N–H and O–H groups in total. The van der Waals surface area contributed by atoms with E-state index in [0.717, 1.165) is 45.3 Å². The third kappa shape index (κ3) is 7.17. The van der Waals surface area contributed by atoms with Crippen LogP contribution in [0.2, 0.25) is 0 Å². The molecule has 0 saturated carbocycles. The molecule has 4 nitrogen and oxygen atoms in total. The first-order valence-corrected chi connectivity index (χ1v) is 11.8. The van der Waals surface area contributed by atoms with Gasteiger partial charge in [0.05, 0.1) is 13.2 Å². The zero-order chi connectivity index (χ0) is 24.2. The number of rotatable bonds is 12. The lowest BCUT2D eigenvalue weighted by Gasteiger charge is -2.14. The molecule has 0 aliphatic rings. The molecule has 0 unspecified atom stereocenters. The minimum atomic E-state index is 0.439.